The van der Waals surface area contributed by atoms with Crippen LogP contribution in [0.15, 0.2) is 0 Å². The highest BCUT2D eigenvalue weighted by atomic mass is 19.1. The summed E-state index contributed by atoms with van der Waals surface area (Å²) in [6.45, 7) is 11.5. The minimum atomic E-state index is -1.26. The van der Waals surface area contributed by atoms with Crippen molar-refractivity contribution in [3.8, 4) is 12.3 Å². The van der Waals surface area contributed by atoms with Crippen molar-refractivity contribution in [1.82, 2.24) is 20.7 Å². The number of aliphatic hydroxyl groups is 1. The van der Waals surface area contributed by atoms with Crippen molar-refractivity contribution in [2.75, 3.05) is 26.2 Å². The Kier molecular flexibility index (Phi) is 16.6. The first-order valence-electron chi connectivity index (χ1n) is 17.0. The first kappa shape index (κ1) is 37.9. The molecule has 2 aliphatic carbocycles. The van der Waals surface area contributed by atoms with Gasteiger partial charge in [-0.1, -0.05) is 41.0 Å². The fraction of sp³-hybridized carbons (Fsp3) is 0.853. The third-order valence-corrected chi connectivity index (χ3v) is 9.01. The number of amides is 3. The summed E-state index contributed by atoms with van der Waals surface area (Å²) in [6, 6.07) is -0.790. The van der Waals surface area contributed by atoms with E-state index in [0.29, 0.717) is 38.9 Å². The average molecular weight is 625 g/mol. The van der Waals surface area contributed by atoms with Crippen LogP contribution in [0.25, 0.3) is 0 Å². The zero-order chi connectivity index (χ0) is 32.8. The molecule has 0 radical (unpaired) electrons. The largest absolute Gasteiger partial charge is 0.390 e. The van der Waals surface area contributed by atoms with Crippen LogP contribution in [0.1, 0.15) is 105 Å². The lowest BCUT2D eigenvalue weighted by Gasteiger charge is -2.37. The van der Waals surface area contributed by atoms with E-state index in [1.807, 2.05) is 25.7 Å². The topological polar surface area (TPSA) is 102 Å². The van der Waals surface area contributed by atoms with Gasteiger partial charge in [0, 0.05) is 56.3 Å². The lowest BCUT2D eigenvalue weighted by Crippen LogP contribution is -2.55. The first-order chi connectivity index (χ1) is 20.9. The first-order valence-corrected chi connectivity index (χ1v) is 17.0. The summed E-state index contributed by atoms with van der Waals surface area (Å²) in [6.07, 6.45) is 7.31. The Morgan fingerprint density at radius 1 is 0.909 bits per heavy atom. The molecule has 252 valence electrons. The van der Waals surface area contributed by atoms with Gasteiger partial charge in [-0.05, 0) is 63.7 Å². The summed E-state index contributed by atoms with van der Waals surface area (Å²) in [5.41, 5.74) is 2.87. The normalized spacial score (nSPS) is 26.9. The fourth-order valence-electron chi connectivity index (χ4n) is 6.63. The molecule has 0 spiro atoms. The maximum atomic E-state index is 14.3. The third-order valence-electron chi connectivity index (χ3n) is 9.01. The maximum absolute atomic E-state index is 14.3. The molecular formula is C34H58F2N4O4. The summed E-state index contributed by atoms with van der Waals surface area (Å²) in [4.78, 5) is 41.6. The molecule has 0 aromatic heterocycles. The molecule has 44 heavy (non-hydrogen) atoms. The van der Waals surface area contributed by atoms with Gasteiger partial charge >= 0.3 is 0 Å². The van der Waals surface area contributed by atoms with Crippen LogP contribution in [0.2, 0.25) is 0 Å². The molecule has 8 nitrogen and oxygen atoms in total. The van der Waals surface area contributed by atoms with E-state index < -0.39 is 30.4 Å². The molecule has 0 saturated heterocycles. The molecule has 2 rings (SSSR count). The minimum absolute atomic E-state index is 0.0284. The summed E-state index contributed by atoms with van der Waals surface area (Å²) in [5.74, 6) is 0.594. The van der Waals surface area contributed by atoms with E-state index in [2.05, 4.69) is 16.7 Å². The minimum Gasteiger partial charge on any atom is -0.390 e. The number of terminal acetylenes is 1. The molecule has 10 heteroatoms. The van der Waals surface area contributed by atoms with E-state index in [9.17, 15) is 28.3 Å². The van der Waals surface area contributed by atoms with Crippen molar-refractivity contribution >= 4 is 17.7 Å². The fourth-order valence-corrected chi connectivity index (χ4v) is 6.63. The van der Waals surface area contributed by atoms with Gasteiger partial charge in [0.15, 0.2) is 0 Å². The van der Waals surface area contributed by atoms with Crippen molar-refractivity contribution in [3.63, 3.8) is 0 Å². The number of alkyl halides is 2. The van der Waals surface area contributed by atoms with E-state index in [1.165, 1.54) is 0 Å². The molecule has 0 aliphatic heterocycles. The number of nitrogens with one attached hydrogen (secondary N) is 2. The molecule has 3 amide bonds. The van der Waals surface area contributed by atoms with Gasteiger partial charge in [0.05, 0.1) is 12.1 Å². The summed E-state index contributed by atoms with van der Waals surface area (Å²) in [7, 11) is 0. The van der Waals surface area contributed by atoms with Crippen LogP contribution >= 0.6 is 0 Å². The molecule has 3 N–H and O–H groups in total. The predicted octanol–water partition coefficient (Wildman–Crippen LogP) is 4.80. The second-order valence-corrected chi connectivity index (χ2v) is 13.4. The van der Waals surface area contributed by atoms with Crippen LogP contribution in [-0.4, -0.2) is 83.4 Å². The lowest BCUT2D eigenvalue weighted by molar-refractivity contribution is -0.139. The van der Waals surface area contributed by atoms with E-state index in [-0.39, 0.29) is 73.6 Å². The second-order valence-electron chi connectivity index (χ2n) is 13.4. The Morgan fingerprint density at radius 2 is 1.52 bits per heavy atom. The van der Waals surface area contributed by atoms with Crippen molar-refractivity contribution in [1.29, 1.82) is 0 Å². The molecule has 7 unspecified atom stereocenters. The van der Waals surface area contributed by atoms with Crippen molar-refractivity contribution < 1.29 is 28.3 Å². The van der Waals surface area contributed by atoms with Gasteiger partial charge < -0.3 is 15.3 Å². The number of hydrogen-bond donors (Lipinski definition) is 3. The van der Waals surface area contributed by atoms with Gasteiger partial charge in [0.25, 0.3) is 0 Å². The Morgan fingerprint density at radius 3 is 2.07 bits per heavy atom. The van der Waals surface area contributed by atoms with E-state index in [1.54, 1.807) is 18.9 Å². The number of aliphatic hydroxyl groups excluding tert-OH is 1. The smallest absolute Gasteiger partial charge is 0.236 e. The molecule has 0 aromatic carbocycles. The molecule has 0 bridgehead atoms. The Labute approximate surface area is 264 Å². The number of hydrogen-bond acceptors (Lipinski definition) is 5. The second kappa shape index (κ2) is 19.3. The highest BCUT2D eigenvalue weighted by molar-refractivity contribution is 5.83. The van der Waals surface area contributed by atoms with Gasteiger partial charge in [-0.2, -0.15) is 0 Å². The van der Waals surface area contributed by atoms with Gasteiger partial charge in [-0.25, -0.2) is 13.8 Å². The zero-order valence-electron chi connectivity index (χ0n) is 27.7. The number of hydrazine groups is 1. The summed E-state index contributed by atoms with van der Waals surface area (Å²) < 4.78 is 28.7. The Balaban J connectivity index is 2.25. The molecule has 2 aliphatic rings. The quantitative estimate of drug-likeness (QED) is 0.159. The van der Waals surface area contributed by atoms with E-state index in [4.69, 9.17) is 6.42 Å². The molecular weight excluding hydrogens is 566 g/mol. The number of unbranched alkanes of at least 4 members (excludes halogenated alkanes) is 1. The lowest BCUT2D eigenvalue weighted by atomic mass is 9.74. The van der Waals surface area contributed by atoms with Crippen LogP contribution in [0.4, 0.5) is 8.78 Å². The number of nitrogens with zero attached hydrogens (tertiary/aromatic N) is 2. The predicted molar refractivity (Wildman–Crippen MR) is 169 cm³/mol. The highest BCUT2D eigenvalue weighted by Crippen LogP contribution is 2.36. The number of halogens is 2. The molecule has 2 fully saturated rings. The number of carbonyl (C=O) groups excluding carboxylic acids is 3. The standard InChI is InChI=1S/C34H58F2N4O4/c1-7-11-14-40(38-32(42)23(5)6)22-31(41)30(19-25-17-28(35)21-29(36)18-25)37-33(43)26-15-24(10-4)16-27(20-26)34(44)39(12-8-2)13-9-3/h4,23-31,41H,7-9,11-22H2,1-3,5-6H3,(H,37,43)(H,38,42). The maximum Gasteiger partial charge on any atom is 0.236 e. The van der Waals surface area contributed by atoms with Gasteiger partial charge in [0.1, 0.15) is 12.3 Å². The molecule has 2 saturated carbocycles. The van der Waals surface area contributed by atoms with Crippen molar-refractivity contribution in [2.24, 2.45) is 29.6 Å². The van der Waals surface area contributed by atoms with Crippen LogP contribution in [0.5, 0.6) is 0 Å². The number of carbonyl (C=O) groups is 3. The Hall–Kier alpha value is -2.25. The zero-order valence-corrected chi connectivity index (χ0v) is 27.7. The van der Waals surface area contributed by atoms with E-state index in [0.717, 1.165) is 25.7 Å². The SMILES string of the molecule is C#CC1CC(C(=O)NC(CC2CC(F)CC(F)C2)C(O)CN(CCCC)NC(=O)C(C)C)CC(C(=O)N(CCC)CCC)C1. The van der Waals surface area contributed by atoms with Crippen LogP contribution in [0, 0.1) is 41.9 Å². The van der Waals surface area contributed by atoms with Crippen molar-refractivity contribution in [3.05, 3.63) is 0 Å². The summed E-state index contributed by atoms with van der Waals surface area (Å²) >= 11 is 0. The van der Waals surface area contributed by atoms with Crippen LogP contribution < -0.4 is 10.7 Å². The molecule has 7 atom stereocenters. The summed E-state index contributed by atoms with van der Waals surface area (Å²) in [5, 5.41) is 16.2. The number of rotatable bonds is 17. The molecule has 0 aromatic rings. The van der Waals surface area contributed by atoms with E-state index >= 15 is 0 Å². The van der Waals surface area contributed by atoms with Gasteiger partial charge in [-0.15, -0.1) is 12.3 Å². The molecule has 0 heterocycles. The highest BCUT2D eigenvalue weighted by Gasteiger charge is 2.39. The van der Waals surface area contributed by atoms with Crippen LogP contribution in [-0.2, 0) is 14.4 Å². The third kappa shape index (κ3) is 12.3. The monoisotopic (exact) mass is 624 g/mol. The average Bonchev–Trinajstić information content (AvgIpc) is 2.98. The van der Waals surface area contributed by atoms with Crippen molar-refractivity contribution in [2.45, 2.75) is 130 Å². The Bertz CT molecular complexity index is 929. The van der Waals surface area contributed by atoms with Gasteiger partial charge in [0.2, 0.25) is 17.7 Å². The van der Waals surface area contributed by atoms with Gasteiger partial charge in [-0.3, -0.25) is 19.8 Å². The van der Waals surface area contributed by atoms with Crippen LogP contribution in [0.3, 0.4) is 0 Å².